The van der Waals surface area contributed by atoms with Crippen molar-refractivity contribution in [2.75, 3.05) is 12.4 Å². The third-order valence-corrected chi connectivity index (χ3v) is 7.66. The van der Waals surface area contributed by atoms with Crippen LogP contribution in [0.3, 0.4) is 0 Å². The van der Waals surface area contributed by atoms with E-state index in [0.29, 0.717) is 21.4 Å². The number of β-lactam (4-membered cyclic amide) rings is 1. The number of rotatable bonds is 10. The highest BCUT2D eigenvalue weighted by molar-refractivity contribution is 8.00. The number of nitrogens with zero attached hydrogens (tertiary/aromatic N) is 1. The van der Waals surface area contributed by atoms with Crippen LogP contribution in [0.25, 0.3) is 0 Å². The molecular weight excluding hydrogens is 583 g/mol. The Hall–Kier alpha value is -3.12. The molecule has 14 heteroatoms. The molecule has 0 radical (unpaired) electrons. The number of carbonyl (C=O) groups is 4. The van der Waals surface area contributed by atoms with Crippen molar-refractivity contribution in [2.24, 2.45) is 0 Å². The second-order valence-electron chi connectivity index (χ2n) is 8.16. The first-order chi connectivity index (χ1) is 18.0. The standard InChI is InChI=1S/C24H19Cl3N2O8S/c25-12-1-3-15(14(27)7-12)37-16-4-2-13(26)8-17(16)36-9-11-10-38-23-20(28-18(30)5-6-19(31)32)22(33)29(23)21(11)24(34)35/h1-4,7-8,20,23H,5-6,9-10H2,(H,28,30)(H,31,32)(H,34,35)/t20-,23-/m1/s1. The van der Waals surface area contributed by atoms with E-state index in [0.717, 1.165) is 4.90 Å². The number of carbonyl (C=O) groups excluding carboxylic acids is 2. The van der Waals surface area contributed by atoms with Crippen molar-refractivity contribution in [2.45, 2.75) is 24.3 Å². The highest BCUT2D eigenvalue weighted by atomic mass is 35.5. The molecule has 0 bridgehead atoms. The Bertz CT molecular complexity index is 1350. The molecule has 2 atom stereocenters. The van der Waals surface area contributed by atoms with Crippen LogP contribution in [0, 0.1) is 0 Å². The van der Waals surface area contributed by atoms with Gasteiger partial charge in [0.1, 0.15) is 29.5 Å². The van der Waals surface area contributed by atoms with Crippen LogP contribution in [-0.2, 0) is 19.2 Å². The zero-order chi connectivity index (χ0) is 27.6. The summed E-state index contributed by atoms with van der Waals surface area (Å²) in [6.45, 7) is -0.189. The third-order valence-electron chi connectivity index (χ3n) is 5.55. The lowest BCUT2D eigenvalue weighted by Gasteiger charge is -2.49. The normalized spacial score (nSPS) is 18.4. The van der Waals surface area contributed by atoms with Crippen molar-refractivity contribution in [1.82, 2.24) is 10.2 Å². The summed E-state index contributed by atoms with van der Waals surface area (Å²) in [4.78, 5) is 48.6. The Morgan fingerprint density at radius 2 is 1.68 bits per heavy atom. The molecule has 0 unspecified atom stereocenters. The fourth-order valence-electron chi connectivity index (χ4n) is 3.78. The number of hydrogen-bond acceptors (Lipinski definition) is 7. The van der Waals surface area contributed by atoms with Crippen LogP contribution in [0.1, 0.15) is 12.8 Å². The summed E-state index contributed by atoms with van der Waals surface area (Å²) in [7, 11) is 0. The van der Waals surface area contributed by atoms with Gasteiger partial charge < -0.3 is 25.0 Å². The van der Waals surface area contributed by atoms with E-state index in [-0.39, 0.29) is 47.4 Å². The highest BCUT2D eigenvalue weighted by Crippen LogP contribution is 2.42. The van der Waals surface area contributed by atoms with E-state index >= 15 is 0 Å². The van der Waals surface area contributed by atoms with Crippen LogP contribution < -0.4 is 14.8 Å². The average Bonchev–Trinajstić information content (AvgIpc) is 2.86. The summed E-state index contributed by atoms with van der Waals surface area (Å²) in [6.07, 6.45) is -0.669. The van der Waals surface area contributed by atoms with Crippen molar-refractivity contribution < 1.29 is 38.9 Å². The largest absolute Gasteiger partial charge is 0.485 e. The van der Waals surface area contributed by atoms with Gasteiger partial charge in [-0.3, -0.25) is 19.3 Å². The second kappa shape index (κ2) is 11.7. The lowest BCUT2D eigenvalue weighted by molar-refractivity contribution is -0.151. The van der Waals surface area contributed by atoms with Gasteiger partial charge in [0.25, 0.3) is 5.91 Å². The topological polar surface area (TPSA) is 142 Å². The first kappa shape index (κ1) is 27.9. The molecule has 0 aromatic heterocycles. The van der Waals surface area contributed by atoms with E-state index in [4.69, 9.17) is 49.4 Å². The van der Waals surface area contributed by atoms with Crippen LogP contribution in [0.15, 0.2) is 47.7 Å². The zero-order valence-corrected chi connectivity index (χ0v) is 22.4. The number of thioether (sulfide) groups is 1. The van der Waals surface area contributed by atoms with Crippen LogP contribution in [0.4, 0.5) is 0 Å². The number of amides is 2. The summed E-state index contributed by atoms with van der Waals surface area (Å²) in [6, 6.07) is 8.40. The molecule has 3 N–H and O–H groups in total. The quantitative estimate of drug-likeness (QED) is 0.337. The van der Waals surface area contributed by atoms with Gasteiger partial charge in [0.2, 0.25) is 5.91 Å². The van der Waals surface area contributed by atoms with Crippen molar-refractivity contribution in [1.29, 1.82) is 0 Å². The Labute approximate surface area is 235 Å². The minimum Gasteiger partial charge on any atom is -0.485 e. The number of aliphatic carboxylic acids is 2. The average molecular weight is 602 g/mol. The number of carboxylic acid groups (broad SMARTS) is 2. The molecule has 200 valence electrons. The predicted molar refractivity (Wildman–Crippen MR) is 140 cm³/mol. The van der Waals surface area contributed by atoms with Crippen molar-refractivity contribution in [3.8, 4) is 17.2 Å². The maximum atomic E-state index is 12.7. The Balaban J connectivity index is 1.50. The summed E-state index contributed by atoms with van der Waals surface area (Å²) in [5, 5.41) is 21.5. The number of benzene rings is 2. The van der Waals surface area contributed by atoms with E-state index in [2.05, 4.69) is 5.32 Å². The lowest BCUT2D eigenvalue weighted by Crippen LogP contribution is -2.70. The van der Waals surface area contributed by atoms with E-state index < -0.39 is 35.2 Å². The van der Waals surface area contributed by atoms with Crippen LogP contribution in [0.2, 0.25) is 15.1 Å². The molecule has 2 aromatic rings. The Morgan fingerprint density at radius 1 is 1.00 bits per heavy atom. The third kappa shape index (κ3) is 6.12. The molecule has 1 fully saturated rings. The van der Waals surface area contributed by atoms with Crippen molar-refractivity contribution >= 4 is 70.3 Å². The summed E-state index contributed by atoms with van der Waals surface area (Å²) >= 11 is 19.5. The predicted octanol–water partition coefficient (Wildman–Crippen LogP) is 4.42. The van der Waals surface area contributed by atoms with Crippen LogP contribution in [0.5, 0.6) is 17.2 Å². The van der Waals surface area contributed by atoms with E-state index in [1.165, 1.54) is 23.9 Å². The van der Waals surface area contributed by atoms with E-state index in [1.807, 2.05) is 0 Å². The number of hydrogen-bond donors (Lipinski definition) is 3. The molecule has 0 spiro atoms. The molecule has 2 heterocycles. The molecule has 4 rings (SSSR count). The maximum absolute atomic E-state index is 12.7. The molecule has 38 heavy (non-hydrogen) atoms. The van der Waals surface area contributed by atoms with Gasteiger partial charge in [-0.05, 0) is 30.3 Å². The summed E-state index contributed by atoms with van der Waals surface area (Å²) < 4.78 is 11.7. The Kier molecular flexibility index (Phi) is 8.61. The van der Waals surface area contributed by atoms with Gasteiger partial charge in [-0.15, -0.1) is 11.8 Å². The molecule has 1 saturated heterocycles. The smallest absolute Gasteiger partial charge is 0.352 e. The summed E-state index contributed by atoms with van der Waals surface area (Å²) in [5.74, 6) is -2.68. The number of carboxylic acids is 2. The fraction of sp³-hybridized carbons (Fsp3) is 0.250. The lowest BCUT2D eigenvalue weighted by atomic mass is 10.0. The van der Waals surface area contributed by atoms with E-state index in [9.17, 15) is 24.3 Å². The summed E-state index contributed by atoms with van der Waals surface area (Å²) in [5.41, 5.74) is 0.0956. The molecule has 0 saturated carbocycles. The van der Waals surface area contributed by atoms with Gasteiger partial charge in [0.15, 0.2) is 11.5 Å². The van der Waals surface area contributed by atoms with Gasteiger partial charge in [-0.25, -0.2) is 4.79 Å². The molecule has 10 nitrogen and oxygen atoms in total. The Morgan fingerprint density at radius 3 is 2.34 bits per heavy atom. The minimum absolute atomic E-state index is 0.189. The van der Waals surface area contributed by atoms with E-state index in [1.54, 1.807) is 24.3 Å². The van der Waals surface area contributed by atoms with Crippen molar-refractivity contribution in [3.05, 3.63) is 62.7 Å². The van der Waals surface area contributed by atoms with Crippen molar-refractivity contribution in [3.63, 3.8) is 0 Å². The first-order valence-electron chi connectivity index (χ1n) is 11.0. The second-order valence-corrected chi connectivity index (χ2v) is 10.5. The minimum atomic E-state index is -1.33. The number of ether oxygens (including phenoxy) is 2. The van der Waals surface area contributed by atoms with Gasteiger partial charge in [0.05, 0.1) is 11.4 Å². The number of halogens is 3. The molecule has 2 amide bonds. The molecule has 2 aliphatic heterocycles. The van der Waals surface area contributed by atoms with Crippen LogP contribution in [-0.4, -0.2) is 62.6 Å². The molecule has 2 aliphatic rings. The molecular formula is C24H19Cl3N2O8S. The monoisotopic (exact) mass is 600 g/mol. The SMILES string of the molecule is O=C(O)CCC(=O)N[C@@H]1C(=O)N2C(C(=O)O)=C(COc3cc(Cl)ccc3Oc3ccc(Cl)cc3Cl)CS[C@H]12. The first-order valence-corrected chi connectivity index (χ1v) is 13.2. The zero-order valence-electron chi connectivity index (χ0n) is 19.3. The van der Waals surface area contributed by atoms with Crippen LogP contribution >= 0.6 is 46.6 Å². The maximum Gasteiger partial charge on any atom is 0.352 e. The number of fused-ring (bicyclic) bond motifs is 1. The van der Waals surface area contributed by atoms with Gasteiger partial charge in [0, 0.05) is 33.9 Å². The molecule has 2 aromatic carbocycles. The number of nitrogens with one attached hydrogen (secondary N) is 1. The highest BCUT2D eigenvalue weighted by Gasteiger charge is 2.54. The van der Waals surface area contributed by atoms with Gasteiger partial charge >= 0.3 is 11.9 Å². The molecule has 0 aliphatic carbocycles. The van der Waals surface area contributed by atoms with Gasteiger partial charge in [-0.1, -0.05) is 34.8 Å². The van der Waals surface area contributed by atoms with Gasteiger partial charge in [-0.2, -0.15) is 0 Å². The fourth-order valence-corrected chi connectivity index (χ4v) is 5.72.